The maximum absolute atomic E-state index is 13.8. The van der Waals surface area contributed by atoms with Crippen LogP contribution < -0.4 is 21.1 Å². The summed E-state index contributed by atoms with van der Waals surface area (Å²) in [6.45, 7) is 4.46. The highest BCUT2D eigenvalue weighted by molar-refractivity contribution is 8.01. The Kier molecular flexibility index (Phi) is 7.65. The van der Waals surface area contributed by atoms with E-state index < -0.39 is 11.8 Å². The van der Waals surface area contributed by atoms with Gasteiger partial charge in [0.1, 0.15) is 18.2 Å². The molecule has 11 heteroatoms. The average Bonchev–Trinajstić information content (AvgIpc) is 3.38. The van der Waals surface area contributed by atoms with Crippen LogP contribution in [0.15, 0.2) is 81.6 Å². The molecule has 0 saturated heterocycles. The van der Waals surface area contributed by atoms with E-state index in [0.717, 1.165) is 11.1 Å². The second kappa shape index (κ2) is 11.2. The largest absolute Gasteiger partial charge is 0.489 e. The smallest absolute Gasteiger partial charge is 0.227 e. The summed E-state index contributed by atoms with van der Waals surface area (Å²) in [7, 11) is 0. The summed E-state index contributed by atoms with van der Waals surface area (Å²) in [5, 5.41) is 19.2. The number of allylic oxidation sites excluding steroid dienone is 3. The van der Waals surface area contributed by atoms with Crippen molar-refractivity contribution < 1.29 is 14.3 Å². The van der Waals surface area contributed by atoms with Gasteiger partial charge in [-0.1, -0.05) is 79.4 Å². The molecule has 4 N–H and O–H groups in total. The topological polar surface area (TPSA) is 148 Å². The van der Waals surface area contributed by atoms with Gasteiger partial charge in [0.15, 0.2) is 10.1 Å². The molecule has 2 heterocycles. The van der Waals surface area contributed by atoms with Gasteiger partial charge in [-0.25, -0.2) is 0 Å². The first kappa shape index (κ1) is 27.4. The molecule has 2 aromatic carbocycles. The highest BCUT2D eigenvalue weighted by atomic mass is 32.2. The highest BCUT2D eigenvalue weighted by Gasteiger charge is 2.45. The third kappa shape index (κ3) is 5.59. The predicted octanol–water partition coefficient (Wildman–Crippen LogP) is 4.64. The van der Waals surface area contributed by atoms with Crippen LogP contribution in [0.3, 0.4) is 0 Å². The first-order chi connectivity index (χ1) is 19.2. The van der Waals surface area contributed by atoms with E-state index in [1.165, 1.54) is 23.1 Å². The van der Waals surface area contributed by atoms with Crippen LogP contribution in [0.1, 0.15) is 43.7 Å². The molecule has 40 heavy (non-hydrogen) atoms. The Hall–Kier alpha value is -4.14. The molecule has 1 atom stereocenters. The molecule has 5 rings (SSSR count). The number of Topliss-reactive ketones (excluding diaryl/α,β-unsaturated/α-hetero) is 1. The van der Waals surface area contributed by atoms with E-state index in [0.29, 0.717) is 45.9 Å². The molecule has 0 spiro atoms. The fourth-order valence-electron chi connectivity index (χ4n) is 5.07. The van der Waals surface area contributed by atoms with E-state index in [2.05, 4.69) is 16.3 Å². The maximum atomic E-state index is 13.8. The molecule has 1 aliphatic carbocycles. The number of aromatic nitrogens is 2. The highest BCUT2D eigenvalue weighted by Crippen LogP contribution is 2.51. The summed E-state index contributed by atoms with van der Waals surface area (Å²) in [6, 6.07) is 19.6. The molecule has 1 aliphatic heterocycles. The van der Waals surface area contributed by atoms with Crippen LogP contribution in [0.4, 0.5) is 5.13 Å². The van der Waals surface area contributed by atoms with Crippen molar-refractivity contribution in [3.8, 4) is 11.8 Å². The van der Waals surface area contributed by atoms with Gasteiger partial charge in [0.2, 0.25) is 11.0 Å². The number of thioether (sulfide) groups is 1. The van der Waals surface area contributed by atoms with Crippen LogP contribution in [0.5, 0.6) is 5.75 Å². The van der Waals surface area contributed by atoms with Crippen molar-refractivity contribution in [1.29, 1.82) is 5.26 Å². The number of nitrogens with two attached hydrogens (primary N) is 2. The quantitative estimate of drug-likeness (QED) is 0.368. The second-order valence-electron chi connectivity index (χ2n) is 10.4. The first-order valence-corrected chi connectivity index (χ1v) is 14.4. The van der Waals surface area contributed by atoms with Crippen molar-refractivity contribution in [2.75, 3.05) is 10.7 Å². The monoisotopic (exact) mass is 572 g/mol. The van der Waals surface area contributed by atoms with Crippen molar-refractivity contribution in [2.45, 2.75) is 43.6 Å². The molecule has 0 fully saturated rings. The number of carbonyl (C=O) groups is 2. The second-order valence-corrected chi connectivity index (χ2v) is 12.6. The van der Waals surface area contributed by atoms with Crippen LogP contribution in [0, 0.1) is 16.7 Å². The number of benzene rings is 2. The van der Waals surface area contributed by atoms with Gasteiger partial charge in [0.05, 0.1) is 23.3 Å². The Morgan fingerprint density at radius 1 is 1.20 bits per heavy atom. The number of hydrogen-bond donors (Lipinski definition) is 2. The third-order valence-electron chi connectivity index (χ3n) is 6.75. The molecule has 1 amide bonds. The summed E-state index contributed by atoms with van der Waals surface area (Å²) in [5.74, 6) is -0.246. The molecule has 1 aromatic heterocycles. The van der Waals surface area contributed by atoms with Crippen LogP contribution in [-0.2, 0) is 16.2 Å². The van der Waals surface area contributed by atoms with E-state index in [-0.39, 0.29) is 28.3 Å². The van der Waals surface area contributed by atoms with E-state index in [1.54, 1.807) is 4.90 Å². The normalized spacial score (nSPS) is 18.4. The molecule has 9 nitrogen and oxygen atoms in total. The van der Waals surface area contributed by atoms with Crippen molar-refractivity contribution >= 4 is 39.9 Å². The fraction of sp³-hybridized carbons (Fsp3) is 0.276. The predicted molar refractivity (Wildman–Crippen MR) is 154 cm³/mol. The third-order valence-corrected chi connectivity index (χ3v) is 8.81. The minimum absolute atomic E-state index is 0.0371. The number of amides is 1. The van der Waals surface area contributed by atoms with E-state index in [4.69, 9.17) is 16.2 Å². The zero-order valence-electron chi connectivity index (χ0n) is 22.1. The van der Waals surface area contributed by atoms with Crippen molar-refractivity contribution in [1.82, 2.24) is 10.2 Å². The number of ketones is 1. The number of primary amides is 1. The zero-order chi connectivity index (χ0) is 28.4. The standard InChI is InChI=1S/C29H28N6O3S2/c1-29(2)12-21-25(22(36)13-29)24(18-9-6-10-19(11-18)38-15-17-7-4-3-5-8-17)20(14-30)26(32)35(21)27-33-34-28(40-27)39-16-23(31)37/h3-11,24H,12-13,15-16,32H2,1-2H3,(H2,31,37). The van der Waals surface area contributed by atoms with Crippen LogP contribution in [0.2, 0.25) is 0 Å². The minimum Gasteiger partial charge on any atom is -0.489 e. The molecular formula is C29H28N6O3S2. The number of anilines is 1. The molecule has 3 aromatic rings. The van der Waals surface area contributed by atoms with E-state index in [9.17, 15) is 14.9 Å². The molecular weight excluding hydrogens is 544 g/mol. The Morgan fingerprint density at radius 3 is 2.70 bits per heavy atom. The Balaban J connectivity index is 1.57. The van der Waals surface area contributed by atoms with Crippen molar-refractivity contribution in [3.63, 3.8) is 0 Å². The summed E-state index contributed by atoms with van der Waals surface area (Å²) in [4.78, 5) is 26.7. The van der Waals surface area contributed by atoms with Gasteiger partial charge < -0.3 is 16.2 Å². The number of nitrogens with zero attached hydrogens (tertiary/aromatic N) is 4. The first-order valence-electron chi connectivity index (χ1n) is 12.6. The van der Waals surface area contributed by atoms with E-state index >= 15 is 0 Å². The minimum atomic E-state index is -0.642. The molecule has 1 unspecified atom stereocenters. The maximum Gasteiger partial charge on any atom is 0.227 e. The van der Waals surface area contributed by atoms with Gasteiger partial charge in [-0.2, -0.15) is 5.26 Å². The molecule has 0 saturated carbocycles. The molecule has 0 radical (unpaired) electrons. The SMILES string of the molecule is CC1(C)CC(=O)C2=C(C1)N(c1nnc(SCC(N)=O)s1)C(N)=C(C#N)C2c1cccc(OCc2ccccc2)c1. The van der Waals surface area contributed by atoms with Crippen molar-refractivity contribution in [3.05, 3.63) is 88.4 Å². The number of rotatable bonds is 8. The molecule has 204 valence electrons. The summed E-state index contributed by atoms with van der Waals surface area (Å²) in [5.41, 5.74) is 14.9. The zero-order valence-corrected chi connectivity index (χ0v) is 23.7. The van der Waals surface area contributed by atoms with Crippen molar-refractivity contribution in [2.24, 2.45) is 16.9 Å². The molecule has 0 bridgehead atoms. The van der Waals surface area contributed by atoms with E-state index in [1.807, 2.05) is 68.4 Å². The lowest BCUT2D eigenvalue weighted by atomic mass is 9.68. The number of hydrogen-bond acceptors (Lipinski definition) is 10. The lowest BCUT2D eigenvalue weighted by molar-refractivity contribution is -0.118. The van der Waals surface area contributed by atoms with Gasteiger partial charge in [-0.3, -0.25) is 14.5 Å². The van der Waals surface area contributed by atoms with Crippen LogP contribution >= 0.6 is 23.1 Å². The van der Waals surface area contributed by atoms with Gasteiger partial charge in [-0.15, -0.1) is 10.2 Å². The number of ether oxygens (including phenoxy) is 1. The Bertz CT molecular complexity index is 1570. The van der Waals surface area contributed by atoms with Gasteiger partial charge >= 0.3 is 0 Å². The lowest BCUT2D eigenvalue weighted by Crippen LogP contribution is -2.42. The van der Waals surface area contributed by atoms with Gasteiger partial charge in [0, 0.05) is 17.7 Å². The van der Waals surface area contributed by atoms with Crippen LogP contribution in [0.25, 0.3) is 0 Å². The van der Waals surface area contributed by atoms with Gasteiger partial charge in [-0.05, 0) is 35.1 Å². The summed E-state index contributed by atoms with van der Waals surface area (Å²) >= 11 is 2.41. The summed E-state index contributed by atoms with van der Waals surface area (Å²) < 4.78 is 6.59. The average molecular weight is 573 g/mol. The summed E-state index contributed by atoms with van der Waals surface area (Å²) in [6.07, 6.45) is 0.895. The van der Waals surface area contributed by atoms with Crippen LogP contribution in [-0.4, -0.2) is 27.6 Å². The fourth-order valence-corrected chi connectivity index (χ4v) is 6.69. The number of carbonyl (C=O) groups excluding carboxylic acids is 2. The van der Waals surface area contributed by atoms with Gasteiger partial charge in [0.25, 0.3) is 0 Å². The Morgan fingerprint density at radius 2 is 1.98 bits per heavy atom. The lowest BCUT2D eigenvalue weighted by Gasteiger charge is -2.42. The Labute approximate surface area is 240 Å². The number of nitriles is 1. The molecule has 2 aliphatic rings.